The molecule has 1 atom stereocenters. The summed E-state index contributed by atoms with van der Waals surface area (Å²) in [4.78, 5) is 29.4. The number of amides is 2. The molecule has 1 aliphatic carbocycles. The van der Waals surface area contributed by atoms with E-state index in [1.165, 1.54) is 35.2 Å². The molecule has 224 valence electrons. The minimum Gasteiger partial charge on any atom is -0.352 e. The van der Waals surface area contributed by atoms with E-state index in [2.05, 4.69) is 5.32 Å². The molecule has 42 heavy (non-hydrogen) atoms. The highest BCUT2D eigenvalue weighted by molar-refractivity contribution is 7.92. The Morgan fingerprint density at radius 2 is 1.64 bits per heavy atom. The van der Waals surface area contributed by atoms with Crippen LogP contribution in [-0.4, -0.2) is 43.8 Å². The van der Waals surface area contributed by atoms with Crippen LogP contribution in [0.15, 0.2) is 77.7 Å². The van der Waals surface area contributed by atoms with Gasteiger partial charge in [-0.05, 0) is 62.1 Å². The number of carbonyl (C=O) groups excluding carboxylic acids is 2. The van der Waals surface area contributed by atoms with Crippen LogP contribution in [-0.2, 0) is 26.2 Å². The topological polar surface area (TPSA) is 86.8 Å². The summed E-state index contributed by atoms with van der Waals surface area (Å²) in [6.07, 6.45) is 5.46. The average Bonchev–Trinajstić information content (AvgIpc) is 2.98. The summed E-state index contributed by atoms with van der Waals surface area (Å²) in [6, 6.07) is 19.3. The molecule has 0 aromatic heterocycles. The Labute approximate surface area is 258 Å². The van der Waals surface area contributed by atoms with Gasteiger partial charge in [0.25, 0.3) is 10.0 Å². The largest absolute Gasteiger partial charge is 0.352 e. The number of nitrogens with one attached hydrogen (secondary N) is 1. The van der Waals surface area contributed by atoms with Crippen LogP contribution in [0.3, 0.4) is 0 Å². The second-order valence-electron chi connectivity index (χ2n) is 10.7. The predicted molar refractivity (Wildman–Crippen MR) is 168 cm³/mol. The van der Waals surface area contributed by atoms with E-state index in [9.17, 15) is 18.0 Å². The van der Waals surface area contributed by atoms with Crippen molar-refractivity contribution in [1.29, 1.82) is 0 Å². The quantitative estimate of drug-likeness (QED) is 0.254. The van der Waals surface area contributed by atoms with Crippen molar-refractivity contribution in [1.82, 2.24) is 10.2 Å². The highest BCUT2D eigenvalue weighted by atomic mass is 35.5. The summed E-state index contributed by atoms with van der Waals surface area (Å²) >= 11 is 12.4. The zero-order valence-corrected chi connectivity index (χ0v) is 26.3. The number of rotatable bonds is 11. The Bertz CT molecular complexity index is 1490. The monoisotopic (exact) mass is 629 g/mol. The molecule has 4 rings (SSSR count). The van der Waals surface area contributed by atoms with Crippen molar-refractivity contribution < 1.29 is 18.0 Å². The van der Waals surface area contributed by atoms with E-state index in [1.54, 1.807) is 18.2 Å². The zero-order valence-electron chi connectivity index (χ0n) is 23.9. The molecule has 0 heterocycles. The van der Waals surface area contributed by atoms with Crippen LogP contribution < -0.4 is 9.62 Å². The van der Waals surface area contributed by atoms with Gasteiger partial charge < -0.3 is 10.2 Å². The van der Waals surface area contributed by atoms with Crippen LogP contribution in [0.2, 0.25) is 10.0 Å². The van der Waals surface area contributed by atoms with Gasteiger partial charge in [-0.15, -0.1) is 0 Å². The lowest BCUT2D eigenvalue weighted by Gasteiger charge is -2.34. The minimum absolute atomic E-state index is 0.0242. The molecule has 0 spiro atoms. The molecule has 1 aliphatic rings. The molecular weight excluding hydrogens is 593 g/mol. The second kappa shape index (κ2) is 14.4. The van der Waals surface area contributed by atoms with Gasteiger partial charge in [0.05, 0.1) is 20.6 Å². The van der Waals surface area contributed by atoms with Crippen molar-refractivity contribution in [2.24, 2.45) is 0 Å². The maximum Gasteiger partial charge on any atom is 0.264 e. The van der Waals surface area contributed by atoms with Crippen molar-refractivity contribution in [3.05, 3.63) is 94.0 Å². The normalized spacial score (nSPS) is 14.7. The number of sulfonamides is 1. The maximum absolute atomic E-state index is 14.2. The number of carbonyl (C=O) groups is 2. The molecule has 1 fully saturated rings. The second-order valence-corrected chi connectivity index (χ2v) is 13.4. The third kappa shape index (κ3) is 7.85. The summed E-state index contributed by atoms with van der Waals surface area (Å²) in [5.41, 5.74) is 2.06. The van der Waals surface area contributed by atoms with Gasteiger partial charge in [-0.25, -0.2) is 8.42 Å². The summed E-state index contributed by atoms with van der Waals surface area (Å²) in [5, 5.41) is 3.58. The molecule has 2 amide bonds. The number of aryl methyl sites for hydroxylation is 1. The first kappa shape index (κ1) is 31.9. The fraction of sp³-hybridized carbons (Fsp3) is 0.375. The Balaban J connectivity index is 1.71. The summed E-state index contributed by atoms with van der Waals surface area (Å²) in [6.45, 7) is 3.44. The third-order valence-corrected chi connectivity index (χ3v) is 10.1. The number of nitrogens with zero attached hydrogens (tertiary/aromatic N) is 2. The van der Waals surface area contributed by atoms with Crippen LogP contribution in [0, 0.1) is 6.92 Å². The molecule has 1 unspecified atom stereocenters. The van der Waals surface area contributed by atoms with Crippen molar-refractivity contribution in [3.63, 3.8) is 0 Å². The van der Waals surface area contributed by atoms with Crippen LogP contribution >= 0.6 is 23.2 Å². The van der Waals surface area contributed by atoms with E-state index in [0.717, 1.165) is 47.5 Å². The molecule has 0 saturated heterocycles. The first-order chi connectivity index (χ1) is 20.1. The zero-order chi connectivity index (χ0) is 30.3. The fourth-order valence-corrected chi connectivity index (χ4v) is 7.08. The van der Waals surface area contributed by atoms with E-state index >= 15 is 0 Å². The van der Waals surface area contributed by atoms with Gasteiger partial charge in [0.1, 0.15) is 12.6 Å². The number of hydrogen-bond acceptors (Lipinski definition) is 4. The van der Waals surface area contributed by atoms with Gasteiger partial charge >= 0.3 is 0 Å². The van der Waals surface area contributed by atoms with E-state index in [4.69, 9.17) is 23.2 Å². The molecular formula is C32H37Cl2N3O4S. The molecule has 3 aromatic rings. The third-order valence-electron chi connectivity index (χ3n) is 7.57. The van der Waals surface area contributed by atoms with Crippen molar-refractivity contribution in [2.45, 2.75) is 75.9 Å². The lowest BCUT2D eigenvalue weighted by Crippen LogP contribution is -2.54. The molecule has 7 nitrogen and oxygen atoms in total. The molecule has 0 aliphatic heterocycles. The average molecular weight is 631 g/mol. The summed E-state index contributed by atoms with van der Waals surface area (Å²) in [7, 11) is -4.18. The lowest BCUT2D eigenvalue weighted by molar-refractivity contribution is -0.140. The Morgan fingerprint density at radius 1 is 0.929 bits per heavy atom. The van der Waals surface area contributed by atoms with Crippen molar-refractivity contribution in [3.8, 4) is 0 Å². The number of benzene rings is 3. The molecule has 10 heteroatoms. The van der Waals surface area contributed by atoms with Gasteiger partial charge in [0.2, 0.25) is 11.8 Å². The Morgan fingerprint density at radius 3 is 2.29 bits per heavy atom. The molecule has 0 radical (unpaired) electrons. The molecule has 1 saturated carbocycles. The first-order valence-corrected chi connectivity index (χ1v) is 16.5. The highest BCUT2D eigenvalue weighted by Gasteiger charge is 2.34. The first-order valence-electron chi connectivity index (χ1n) is 14.3. The van der Waals surface area contributed by atoms with Gasteiger partial charge in [-0.2, -0.15) is 0 Å². The van der Waals surface area contributed by atoms with Gasteiger partial charge in [-0.1, -0.05) is 97.4 Å². The van der Waals surface area contributed by atoms with Gasteiger partial charge in [0.15, 0.2) is 0 Å². The number of halogens is 2. The minimum atomic E-state index is -4.18. The van der Waals surface area contributed by atoms with Crippen molar-refractivity contribution in [2.75, 3.05) is 10.8 Å². The van der Waals surface area contributed by atoms with E-state index in [-0.39, 0.29) is 39.1 Å². The number of anilines is 1. The summed E-state index contributed by atoms with van der Waals surface area (Å²) in [5.74, 6) is -0.731. The van der Waals surface area contributed by atoms with Crippen LogP contribution in [0.5, 0.6) is 0 Å². The highest BCUT2D eigenvalue weighted by Crippen LogP contribution is 2.31. The summed E-state index contributed by atoms with van der Waals surface area (Å²) < 4.78 is 28.9. The fourth-order valence-electron chi connectivity index (χ4n) is 5.36. The van der Waals surface area contributed by atoms with Crippen LogP contribution in [0.25, 0.3) is 0 Å². The molecule has 3 aromatic carbocycles. The standard InChI is InChI=1S/C32H37Cl2N3O4S/c1-3-30(32(39)35-25-13-6-4-7-14-25)36(21-24-12-10-11-23(2)19-24)31(38)22-37(26-17-18-28(33)29(34)20-26)42(40,41)27-15-8-5-9-16-27/h5,8-12,15-20,25,30H,3-4,6-7,13-14,21-22H2,1-2H3,(H,35,39). The SMILES string of the molecule is CCC(C(=O)NC1CCCCC1)N(Cc1cccc(C)c1)C(=O)CN(c1ccc(Cl)c(Cl)c1)S(=O)(=O)c1ccccc1. The molecule has 0 bridgehead atoms. The Kier molecular flexibility index (Phi) is 10.9. The maximum atomic E-state index is 14.2. The van der Waals surface area contributed by atoms with Gasteiger partial charge in [0, 0.05) is 12.6 Å². The smallest absolute Gasteiger partial charge is 0.264 e. The van der Waals surface area contributed by atoms with E-state index < -0.39 is 28.5 Å². The Hall–Kier alpha value is -3.07. The van der Waals surface area contributed by atoms with E-state index in [0.29, 0.717) is 6.42 Å². The predicted octanol–water partition coefficient (Wildman–Crippen LogP) is 6.75. The van der Waals surface area contributed by atoms with Crippen molar-refractivity contribution >= 4 is 50.7 Å². The molecule has 1 N–H and O–H groups in total. The van der Waals surface area contributed by atoms with Crippen LogP contribution in [0.1, 0.15) is 56.6 Å². The van der Waals surface area contributed by atoms with Crippen LogP contribution in [0.4, 0.5) is 5.69 Å². The lowest BCUT2D eigenvalue weighted by atomic mass is 9.95. The van der Waals surface area contributed by atoms with E-state index in [1.807, 2.05) is 38.1 Å². The number of hydrogen-bond donors (Lipinski definition) is 1. The van der Waals surface area contributed by atoms with Gasteiger partial charge in [-0.3, -0.25) is 13.9 Å².